The maximum Gasteiger partial charge on any atom is 0.514 e. The van der Waals surface area contributed by atoms with Crippen molar-refractivity contribution in [2.24, 2.45) is 46.3 Å². The number of hydrogen-bond acceptors (Lipinski definition) is 3. The summed E-state index contributed by atoms with van der Waals surface area (Å²) >= 11 is 0. The van der Waals surface area contributed by atoms with Crippen molar-refractivity contribution in [1.29, 1.82) is 0 Å². The van der Waals surface area contributed by atoms with E-state index in [1.807, 2.05) is 0 Å². The van der Waals surface area contributed by atoms with Crippen LogP contribution < -0.4 is 4.74 Å². The number of ether oxygens (including phenoxy) is 2. The second-order valence-corrected chi connectivity index (χ2v) is 14.1. The third kappa shape index (κ3) is 5.18. The summed E-state index contributed by atoms with van der Waals surface area (Å²) in [4.78, 5) is 12.4. The van der Waals surface area contributed by atoms with Gasteiger partial charge in [-0.15, -0.1) is 0 Å². The average Bonchev–Trinajstić information content (AvgIpc) is 3.23. The van der Waals surface area contributed by atoms with Crippen LogP contribution in [0, 0.1) is 52.2 Å². The molecule has 0 radical (unpaired) electrons. The predicted octanol–water partition coefficient (Wildman–Crippen LogP) is 9.75. The van der Waals surface area contributed by atoms with Crippen LogP contribution in [0.4, 0.5) is 9.18 Å². The first-order valence-corrected chi connectivity index (χ1v) is 15.4. The molecule has 38 heavy (non-hydrogen) atoms. The number of halogens is 1. The van der Waals surface area contributed by atoms with Gasteiger partial charge in [0.15, 0.2) is 11.6 Å². The number of para-hydroxylation sites is 1. The molecule has 0 saturated heterocycles. The van der Waals surface area contributed by atoms with Gasteiger partial charge in [-0.1, -0.05) is 77.7 Å². The van der Waals surface area contributed by atoms with E-state index in [0.717, 1.165) is 54.8 Å². The highest BCUT2D eigenvalue weighted by Gasteiger charge is 2.59. The molecule has 1 aromatic rings. The van der Waals surface area contributed by atoms with E-state index in [1.165, 1.54) is 69.1 Å². The highest BCUT2D eigenvalue weighted by Crippen LogP contribution is 2.67. The molecule has 0 heterocycles. The van der Waals surface area contributed by atoms with Gasteiger partial charge in [0.25, 0.3) is 0 Å². The SMILES string of the molecule is CC(C)CCC[C@H](C)[C@@H]1CC[C@@H]2[C@H]3CC=C4C[C@@H](OC(=O)Oc5ccccc5F)CC[C@]4(C)[C@@H]3CC[C@@]21C. The van der Waals surface area contributed by atoms with Crippen LogP contribution >= 0.6 is 0 Å². The van der Waals surface area contributed by atoms with E-state index >= 15 is 0 Å². The van der Waals surface area contributed by atoms with Crippen molar-refractivity contribution < 1.29 is 18.7 Å². The third-order valence-electron chi connectivity index (χ3n) is 11.6. The van der Waals surface area contributed by atoms with Crippen LogP contribution in [0.25, 0.3) is 0 Å². The number of carbonyl (C=O) groups is 1. The van der Waals surface area contributed by atoms with E-state index in [9.17, 15) is 9.18 Å². The molecule has 0 spiro atoms. The molecular formula is C34H49FO3. The summed E-state index contributed by atoms with van der Waals surface area (Å²) in [5, 5.41) is 0. The first-order valence-electron chi connectivity index (χ1n) is 15.4. The van der Waals surface area contributed by atoms with Crippen molar-refractivity contribution in [1.82, 2.24) is 0 Å². The number of rotatable bonds is 7. The van der Waals surface area contributed by atoms with E-state index < -0.39 is 12.0 Å². The minimum absolute atomic E-state index is 0.0766. The molecule has 8 atom stereocenters. The molecule has 4 aliphatic rings. The Morgan fingerprint density at radius 3 is 2.58 bits per heavy atom. The summed E-state index contributed by atoms with van der Waals surface area (Å²) < 4.78 is 24.7. The van der Waals surface area contributed by atoms with Crippen LogP contribution in [0.5, 0.6) is 5.75 Å². The molecule has 5 rings (SSSR count). The Morgan fingerprint density at radius 2 is 1.82 bits per heavy atom. The monoisotopic (exact) mass is 524 g/mol. The van der Waals surface area contributed by atoms with Gasteiger partial charge in [0.1, 0.15) is 6.10 Å². The van der Waals surface area contributed by atoms with Crippen LogP contribution in [0.1, 0.15) is 105 Å². The van der Waals surface area contributed by atoms with Gasteiger partial charge in [-0.3, -0.25) is 0 Å². The van der Waals surface area contributed by atoms with Crippen LogP contribution in [-0.2, 0) is 4.74 Å². The Labute approximate surface area is 229 Å². The zero-order chi connectivity index (χ0) is 27.1. The lowest BCUT2D eigenvalue weighted by atomic mass is 9.47. The molecular weight excluding hydrogens is 475 g/mol. The van der Waals surface area contributed by atoms with Gasteiger partial charge in [-0.25, -0.2) is 9.18 Å². The fraction of sp³-hybridized carbons (Fsp3) is 0.735. The lowest BCUT2D eigenvalue weighted by molar-refractivity contribution is -0.0597. The maximum absolute atomic E-state index is 13.9. The molecule has 0 amide bonds. The zero-order valence-electron chi connectivity index (χ0n) is 24.3. The molecule has 0 aromatic heterocycles. The van der Waals surface area contributed by atoms with Crippen molar-refractivity contribution in [3.63, 3.8) is 0 Å². The van der Waals surface area contributed by atoms with Gasteiger partial charge in [-0.05, 0) is 103 Å². The van der Waals surface area contributed by atoms with E-state index in [2.05, 4.69) is 40.7 Å². The second-order valence-electron chi connectivity index (χ2n) is 14.1. The Morgan fingerprint density at radius 1 is 1.03 bits per heavy atom. The molecule has 0 aliphatic heterocycles. The number of allylic oxidation sites excluding steroid dienone is 1. The summed E-state index contributed by atoms with van der Waals surface area (Å²) in [6.07, 6.45) is 15.0. The normalized spacial score (nSPS) is 37.0. The number of carbonyl (C=O) groups excluding carboxylic acids is 1. The van der Waals surface area contributed by atoms with Crippen LogP contribution in [-0.4, -0.2) is 12.3 Å². The van der Waals surface area contributed by atoms with Crippen LogP contribution in [0.15, 0.2) is 35.9 Å². The van der Waals surface area contributed by atoms with Crippen molar-refractivity contribution in [3.05, 3.63) is 41.7 Å². The zero-order valence-corrected chi connectivity index (χ0v) is 24.3. The molecule has 0 N–H and O–H groups in total. The third-order valence-corrected chi connectivity index (χ3v) is 11.6. The first-order chi connectivity index (χ1) is 18.1. The summed E-state index contributed by atoms with van der Waals surface area (Å²) in [5.41, 5.74) is 2.19. The summed E-state index contributed by atoms with van der Waals surface area (Å²) in [5.74, 6) is 4.27. The average molecular weight is 525 g/mol. The molecule has 3 saturated carbocycles. The van der Waals surface area contributed by atoms with Crippen molar-refractivity contribution >= 4 is 6.16 Å². The van der Waals surface area contributed by atoms with Crippen molar-refractivity contribution in [2.45, 2.75) is 111 Å². The molecule has 210 valence electrons. The summed E-state index contributed by atoms with van der Waals surface area (Å²) in [6, 6.07) is 5.96. The van der Waals surface area contributed by atoms with Crippen molar-refractivity contribution in [2.75, 3.05) is 0 Å². The minimum atomic E-state index is -0.800. The van der Waals surface area contributed by atoms with Gasteiger partial charge >= 0.3 is 6.16 Å². The summed E-state index contributed by atoms with van der Waals surface area (Å²) in [7, 11) is 0. The maximum atomic E-state index is 13.9. The van der Waals surface area contributed by atoms with Crippen molar-refractivity contribution in [3.8, 4) is 5.75 Å². The quantitative estimate of drug-likeness (QED) is 0.202. The van der Waals surface area contributed by atoms with Gasteiger partial charge in [0.05, 0.1) is 0 Å². The van der Waals surface area contributed by atoms with E-state index in [0.29, 0.717) is 5.41 Å². The largest absolute Gasteiger partial charge is 0.514 e. The standard InChI is InChI=1S/C34H49FO3/c1-22(2)9-8-10-23(3)27-15-16-28-26-14-13-24-21-25(37-32(36)38-31-12-7-6-11-30(31)35)17-19-33(24,4)29(26)18-20-34(27,28)5/h6-7,11-13,22-23,25-29H,8-10,14-21H2,1-5H3/t23-,25-,26+,27-,28+,29+,33-,34+/m0/s1. The van der Waals surface area contributed by atoms with E-state index in [4.69, 9.17) is 9.47 Å². The smallest absolute Gasteiger partial charge is 0.430 e. The molecule has 3 nitrogen and oxygen atoms in total. The molecule has 0 unspecified atom stereocenters. The highest BCUT2D eigenvalue weighted by molar-refractivity contribution is 5.64. The minimum Gasteiger partial charge on any atom is -0.430 e. The van der Waals surface area contributed by atoms with E-state index in [1.54, 1.807) is 12.1 Å². The number of hydrogen-bond donors (Lipinski definition) is 0. The lowest BCUT2D eigenvalue weighted by Crippen LogP contribution is -2.51. The molecule has 3 fully saturated rings. The Bertz CT molecular complexity index is 1030. The number of fused-ring (bicyclic) bond motifs is 5. The summed E-state index contributed by atoms with van der Waals surface area (Å²) in [6.45, 7) is 12.4. The molecule has 4 heteroatoms. The Hall–Kier alpha value is -1.84. The van der Waals surface area contributed by atoms with E-state index in [-0.39, 0.29) is 17.3 Å². The molecule has 4 aliphatic carbocycles. The van der Waals surface area contributed by atoms with Crippen LogP contribution in [0.3, 0.4) is 0 Å². The van der Waals surface area contributed by atoms with Gasteiger partial charge in [-0.2, -0.15) is 0 Å². The predicted molar refractivity (Wildman–Crippen MR) is 150 cm³/mol. The fourth-order valence-electron chi connectivity index (χ4n) is 9.53. The second kappa shape index (κ2) is 11.0. The highest BCUT2D eigenvalue weighted by atomic mass is 19.1. The van der Waals surface area contributed by atoms with Gasteiger partial charge in [0.2, 0.25) is 0 Å². The molecule has 0 bridgehead atoms. The lowest BCUT2D eigenvalue weighted by Gasteiger charge is -2.58. The van der Waals surface area contributed by atoms with Gasteiger partial charge in [0, 0.05) is 6.42 Å². The fourth-order valence-corrected chi connectivity index (χ4v) is 9.53. The Balaban J connectivity index is 1.22. The van der Waals surface area contributed by atoms with Gasteiger partial charge < -0.3 is 9.47 Å². The Kier molecular flexibility index (Phi) is 8.00. The molecule has 1 aromatic carbocycles. The first kappa shape index (κ1) is 27.7. The number of benzene rings is 1. The van der Waals surface area contributed by atoms with Crippen LogP contribution in [0.2, 0.25) is 0 Å². The topological polar surface area (TPSA) is 35.5 Å².